The van der Waals surface area contributed by atoms with Crippen LogP contribution in [0.1, 0.15) is 0 Å². The first-order chi connectivity index (χ1) is 7.00. The molecule has 0 saturated carbocycles. The fourth-order valence-corrected chi connectivity index (χ4v) is 5.16. The van der Waals surface area contributed by atoms with Crippen LogP contribution in [0.2, 0.25) is 19.6 Å². The molecule has 0 spiro atoms. The molecule has 0 fully saturated rings. The topological polar surface area (TPSA) is 0 Å². The molecule has 3 aromatic carbocycles. The SMILES string of the molecule is C[Si](C)(C)c1c2ccc2c(Br)c2ccc12. The minimum Gasteiger partial charge on any atom is -0.0656 e. The van der Waals surface area contributed by atoms with Crippen molar-refractivity contribution >= 4 is 50.7 Å². The summed E-state index contributed by atoms with van der Waals surface area (Å²) >= 11 is 3.70. The van der Waals surface area contributed by atoms with E-state index in [9.17, 15) is 0 Å². The van der Waals surface area contributed by atoms with Crippen molar-refractivity contribution in [3.63, 3.8) is 0 Å². The van der Waals surface area contributed by atoms with E-state index in [-0.39, 0.29) is 0 Å². The minimum atomic E-state index is -1.23. The van der Waals surface area contributed by atoms with Gasteiger partial charge in [-0.25, -0.2) is 0 Å². The van der Waals surface area contributed by atoms with Gasteiger partial charge in [0.1, 0.15) is 0 Å². The Hall–Kier alpha value is -0.603. The highest BCUT2D eigenvalue weighted by Crippen LogP contribution is 2.37. The standard InChI is InChI=1S/C13H13BrSi/c1-15(2,3)13-10-6-4-8(10)12(14)9-5-7-11(9)13/h4-7H,1-3H3. The number of hydrogen-bond acceptors (Lipinski definition) is 0. The Balaban J connectivity index is 2.49. The molecule has 0 saturated heterocycles. The van der Waals surface area contributed by atoms with Crippen LogP contribution in [0.15, 0.2) is 28.7 Å². The van der Waals surface area contributed by atoms with Gasteiger partial charge in [0, 0.05) is 4.47 Å². The Morgan fingerprint density at radius 3 is 1.47 bits per heavy atom. The average Bonchev–Trinajstić information content (AvgIpc) is 1.94. The molecule has 0 amide bonds. The van der Waals surface area contributed by atoms with Crippen molar-refractivity contribution in [2.24, 2.45) is 0 Å². The van der Waals surface area contributed by atoms with Crippen molar-refractivity contribution in [3.8, 4) is 0 Å². The predicted octanol–water partition coefficient (Wildman–Crippen LogP) is 4.18. The molecule has 0 N–H and O–H groups in total. The summed E-state index contributed by atoms with van der Waals surface area (Å²) in [5.74, 6) is 0. The zero-order chi connectivity index (χ0) is 10.8. The first kappa shape index (κ1) is 9.61. The quantitative estimate of drug-likeness (QED) is 0.585. The summed E-state index contributed by atoms with van der Waals surface area (Å²) in [6, 6.07) is 8.96. The second-order valence-corrected chi connectivity index (χ2v) is 11.1. The van der Waals surface area contributed by atoms with E-state index in [0.29, 0.717) is 0 Å². The molecule has 15 heavy (non-hydrogen) atoms. The monoisotopic (exact) mass is 276 g/mol. The number of fused-ring (bicyclic) bond motifs is 2. The second-order valence-electron chi connectivity index (χ2n) is 5.26. The molecule has 0 radical (unpaired) electrons. The van der Waals surface area contributed by atoms with Crippen molar-refractivity contribution in [2.45, 2.75) is 19.6 Å². The van der Waals surface area contributed by atoms with Crippen LogP contribution in [0.3, 0.4) is 0 Å². The summed E-state index contributed by atoms with van der Waals surface area (Å²) in [4.78, 5) is 0. The smallest absolute Gasteiger partial charge is 0.0656 e. The van der Waals surface area contributed by atoms with Gasteiger partial charge in [0.25, 0.3) is 0 Å². The van der Waals surface area contributed by atoms with Crippen molar-refractivity contribution in [1.82, 2.24) is 0 Å². The summed E-state index contributed by atoms with van der Waals surface area (Å²) < 4.78 is 1.29. The van der Waals surface area contributed by atoms with E-state index in [1.165, 1.54) is 26.0 Å². The zero-order valence-electron chi connectivity index (χ0n) is 9.19. The first-order valence-corrected chi connectivity index (χ1v) is 9.55. The Morgan fingerprint density at radius 1 is 0.800 bits per heavy atom. The van der Waals surface area contributed by atoms with Crippen molar-refractivity contribution in [3.05, 3.63) is 28.7 Å². The van der Waals surface area contributed by atoms with E-state index in [2.05, 4.69) is 59.8 Å². The molecule has 0 atom stereocenters. The molecular formula is C13H13BrSi. The predicted molar refractivity (Wildman–Crippen MR) is 74.5 cm³/mol. The van der Waals surface area contributed by atoms with Crippen molar-refractivity contribution in [2.75, 3.05) is 0 Å². The van der Waals surface area contributed by atoms with E-state index in [0.717, 1.165) is 0 Å². The van der Waals surface area contributed by atoms with Crippen molar-refractivity contribution < 1.29 is 0 Å². The van der Waals surface area contributed by atoms with Gasteiger partial charge < -0.3 is 0 Å². The Morgan fingerprint density at radius 2 is 1.20 bits per heavy atom. The Kier molecular flexibility index (Phi) is 1.76. The maximum atomic E-state index is 3.70. The average molecular weight is 277 g/mol. The molecule has 0 aliphatic carbocycles. The van der Waals surface area contributed by atoms with Crippen LogP contribution in [-0.4, -0.2) is 8.07 Å². The van der Waals surface area contributed by atoms with Crippen LogP contribution < -0.4 is 5.19 Å². The van der Waals surface area contributed by atoms with Crippen LogP contribution in [0.25, 0.3) is 21.5 Å². The van der Waals surface area contributed by atoms with Gasteiger partial charge in [-0.1, -0.05) is 43.9 Å². The summed E-state index contributed by atoms with van der Waals surface area (Å²) in [6.07, 6.45) is 0. The summed E-state index contributed by atoms with van der Waals surface area (Å²) in [5, 5.41) is 7.44. The van der Waals surface area contributed by atoms with Gasteiger partial charge in [-0.3, -0.25) is 0 Å². The second kappa shape index (κ2) is 2.74. The largest absolute Gasteiger partial charge is 0.0792 e. The van der Waals surface area contributed by atoms with E-state index in [4.69, 9.17) is 0 Å². The number of hydrogen-bond donors (Lipinski definition) is 0. The van der Waals surface area contributed by atoms with Gasteiger partial charge in [0.15, 0.2) is 0 Å². The maximum Gasteiger partial charge on any atom is 0.0792 e. The van der Waals surface area contributed by atoms with E-state index >= 15 is 0 Å². The third-order valence-electron chi connectivity index (χ3n) is 3.18. The van der Waals surface area contributed by atoms with E-state index in [1.807, 2.05) is 0 Å². The molecule has 0 aliphatic heterocycles. The van der Waals surface area contributed by atoms with Gasteiger partial charge in [-0.15, -0.1) is 0 Å². The maximum absolute atomic E-state index is 3.70. The highest BCUT2D eigenvalue weighted by Gasteiger charge is 2.25. The first-order valence-electron chi connectivity index (χ1n) is 5.26. The lowest BCUT2D eigenvalue weighted by Crippen LogP contribution is -2.39. The van der Waals surface area contributed by atoms with E-state index in [1.54, 1.807) is 5.19 Å². The lowest BCUT2D eigenvalue weighted by molar-refractivity contribution is 1.71. The number of rotatable bonds is 1. The molecule has 0 bridgehead atoms. The molecule has 2 heteroatoms. The third kappa shape index (κ3) is 1.12. The molecule has 3 rings (SSSR count). The number of benzene rings is 1. The van der Waals surface area contributed by atoms with Crippen LogP contribution in [0.5, 0.6) is 0 Å². The molecule has 0 unspecified atom stereocenters. The van der Waals surface area contributed by atoms with Gasteiger partial charge in [0.05, 0.1) is 8.07 Å². The Bertz CT molecular complexity index is 575. The van der Waals surface area contributed by atoms with Crippen LogP contribution >= 0.6 is 15.9 Å². The molecule has 3 aromatic rings. The Labute approximate surface area is 99.1 Å². The highest BCUT2D eigenvalue weighted by atomic mass is 79.9. The lowest BCUT2D eigenvalue weighted by atomic mass is 9.98. The highest BCUT2D eigenvalue weighted by molar-refractivity contribution is 9.10. The third-order valence-corrected chi connectivity index (χ3v) is 6.07. The van der Waals surface area contributed by atoms with Crippen LogP contribution in [-0.2, 0) is 0 Å². The van der Waals surface area contributed by atoms with E-state index < -0.39 is 8.07 Å². The van der Waals surface area contributed by atoms with Gasteiger partial charge in [-0.05, 0) is 42.7 Å². The molecule has 0 aromatic heterocycles. The summed E-state index contributed by atoms with van der Waals surface area (Å²) in [6.45, 7) is 7.28. The molecular weight excluding hydrogens is 264 g/mol. The van der Waals surface area contributed by atoms with Crippen LogP contribution in [0, 0.1) is 0 Å². The van der Waals surface area contributed by atoms with Gasteiger partial charge >= 0.3 is 0 Å². The fraction of sp³-hybridized carbons (Fsp3) is 0.231. The minimum absolute atomic E-state index is 1.23. The number of halogens is 1. The molecule has 76 valence electrons. The van der Waals surface area contributed by atoms with Gasteiger partial charge in [0.2, 0.25) is 0 Å². The molecule has 0 nitrogen and oxygen atoms in total. The fourth-order valence-electron chi connectivity index (χ4n) is 2.42. The van der Waals surface area contributed by atoms with Crippen molar-refractivity contribution in [1.29, 1.82) is 0 Å². The summed E-state index contributed by atoms with van der Waals surface area (Å²) in [5.41, 5.74) is 0. The molecule has 0 aliphatic rings. The van der Waals surface area contributed by atoms with Crippen LogP contribution in [0.4, 0.5) is 0 Å². The zero-order valence-corrected chi connectivity index (χ0v) is 11.8. The normalized spacial score (nSPS) is 13.3. The molecule has 0 heterocycles. The van der Waals surface area contributed by atoms with Gasteiger partial charge in [-0.2, -0.15) is 0 Å². The summed E-state index contributed by atoms with van der Waals surface area (Å²) in [7, 11) is -1.23. The lowest BCUT2D eigenvalue weighted by Gasteiger charge is -2.26.